The summed E-state index contributed by atoms with van der Waals surface area (Å²) in [5.41, 5.74) is -0.0852. The average Bonchev–Trinajstić information content (AvgIpc) is 2.65. The molecule has 1 unspecified atom stereocenters. The molecule has 15 heavy (non-hydrogen) atoms. The van der Waals surface area contributed by atoms with E-state index in [0.29, 0.717) is 12.1 Å². The van der Waals surface area contributed by atoms with Gasteiger partial charge in [0.05, 0.1) is 12.7 Å². The van der Waals surface area contributed by atoms with Crippen molar-refractivity contribution < 1.29 is 14.2 Å². The quantitative estimate of drug-likeness (QED) is 0.727. The first kappa shape index (κ1) is 11.3. The molecule has 1 aliphatic carbocycles. The molecule has 0 aromatic carbocycles. The van der Waals surface area contributed by atoms with Crippen LogP contribution < -0.4 is 5.32 Å². The summed E-state index contributed by atoms with van der Waals surface area (Å²) in [4.78, 5) is 0. The standard InChI is InChI=1S/C11H21NO3/c1-13-10-5-9(6-10)12-7-11(14-2)3-4-15-8-11/h9-10,12H,3-8H2,1-2H3. The van der Waals surface area contributed by atoms with Gasteiger partial charge >= 0.3 is 0 Å². The predicted octanol–water partition coefficient (Wildman–Crippen LogP) is 0.559. The monoisotopic (exact) mass is 215 g/mol. The summed E-state index contributed by atoms with van der Waals surface area (Å²) in [5, 5.41) is 3.53. The van der Waals surface area contributed by atoms with Gasteiger partial charge in [-0.05, 0) is 12.8 Å². The van der Waals surface area contributed by atoms with E-state index in [4.69, 9.17) is 14.2 Å². The molecule has 0 bridgehead atoms. The maximum absolute atomic E-state index is 5.55. The Morgan fingerprint density at radius 2 is 2.20 bits per heavy atom. The Morgan fingerprint density at radius 1 is 1.40 bits per heavy atom. The second-order valence-corrected chi connectivity index (χ2v) is 4.60. The van der Waals surface area contributed by atoms with Crippen LogP contribution in [-0.2, 0) is 14.2 Å². The molecule has 4 nitrogen and oxygen atoms in total. The Hall–Kier alpha value is -0.160. The van der Waals surface area contributed by atoms with E-state index in [1.54, 1.807) is 14.2 Å². The Kier molecular flexibility index (Phi) is 3.61. The van der Waals surface area contributed by atoms with Crippen LogP contribution in [0, 0.1) is 0 Å². The maximum atomic E-state index is 5.55. The molecule has 0 radical (unpaired) electrons. The van der Waals surface area contributed by atoms with Crippen LogP contribution >= 0.6 is 0 Å². The van der Waals surface area contributed by atoms with Crippen LogP contribution in [0.3, 0.4) is 0 Å². The van der Waals surface area contributed by atoms with Crippen LogP contribution in [0.2, 0.25) is 0 Å². The summed E-state index contributed by atoms with van der Waals surface area (Å²) in [6, 6.07) is 0.600. The molecule has 2 aliphatic rings. The first-order valence-electron chi connectivity index (χ1n) is 5.67. The Balaban J connectivity index is 1.68. The molecule has 1 saturated carbocycles. The zero-order valence-corrected chi connectivity index (χ0v) is 9.62. The van der Waals surface area contributed by atoms with Crippen LogP contribution in [0.1, 0.15) is 19.3 Å². The summed E-state index contributed by atoms with van der Waals surface area (Å²) in [5.74, 6) is 0. The van der Waals surface area contributed by atoms with Gasteiger partial charge in [-0.1, -0.05) is 0 Å². The van der Waals surface area contributed by atoms with E-state index in [1.165, 1.54) is 0 Å². The third-order valence-corrected chi connectivity index (χ3v) is 3.64. The Labute approximate surface area is 91.3 Å². The van der Waals surface area contributed by atoms with Crippen molar-refractivity contribution >= 4 is 0 Å². The number of hydrogen-bond donors (Lipinski definition) is 1. The zero-order valence-electron chi connectivity index (χ0n) is 9.62. The second kappa shape index (κ2) is 4.78. The van der Waals surface area contributed by atoms with E-state index in [0.717, 1.165) is 39.0 Å². The molecule has 1 N–H and O–H groups in total. The molecule has 1 saturated heterocycles. The lowest BCUT2D eigenvalue weighted by Gasteiger charge is -2.37. The molecule has 2 rings (SSSR count). The lowest BCUT2D eigenvalue weighted by atomic mass is 9.88. The van der Waals surface area contributed by atoms with Crippen molar-refractivity contribution in [2.75, 3.05) is 34.0 Å². The molecule has 1 heterocycles. The summed E-state index contributed by atoms with van der Waals surface area (Å²) < 4.78 is 16.2. The minimum atomic E-state index is -0.0852. The minimum absolute atomic E-state index is 0.0852. The third-order valence-electron chi connectivity index (χ3n) is 3.64. The Morgan fingerprint density at radius 3 is 2.73 bits per heavy atom. The molecule has 0 spiro atoms. The van der Waals surface area contributed by atoms with Gasteiger partial charge in [-0.25, -0.2) is 0 Å². The molecule has 1 aliphatic heterocycles. The SMILES string of the molecule is COC1CC(NCC2(OC)CCOC2)C1. The minimum Gasteiger partial charge on any atom is -0.381 e. The molecule has 4 heteroatoms. The van der Waals surface area contributed by atoms with Gasteiger partial charge in [0.15, 0.2) is 0 Å². The summed E-state index contributed by atoms with van der Waals surface area (Å²) in [7, 11) is 3.55. The van der Waals surface area contributed by atoms with Crippen molar-refractivity contribution in [3.63, 3.8) is 0 Å². The molecular formula is C11H21NO3. The van der Waals surface area contributed by atoms with Crippen LogP contribution in [0.4, 0.5) is 0 Å². The van der Waals surface area contributed by atoms with Crippen molar-refractivity contribution in [2.24, 2.45) is 0 Å². The molecular weight excluding hydrogens is 194 g/mol. The summed E-state index contributed by atoms with van der Waals surface area (Å²) in [6.07, 6.45) is 3.70. The number of hydrogen-bond acceptors (Lipinski definition) is 4. The zero-order chi connectivity index (χ0) is 10.7. The topological polar surface area (TPSA) is 39.7 Å². The summed E-state index contributed by atoms with van der Waals surface area (Å²) in [6.45, 7) is 2.43. The van der Waals surface area contributed by atoms with Crippen molar-refractivity contribution in [1.82, 2.24) is 5.32 Å². The highest BCUT2D eigenvalue weighted by Gasteiger charge is 2.37. The highest BCUT2D eigenvalue weighted by molar-refractivity contribution is 4.92. The molecule has 0 amide bonds. The van der Waals surface area contributed by atoms with Crippen LogP contribution in [0.25, 0.3) is 0 Å². The number of ether oxygens (including phenoxy) is 3. The van der Waals surface area contributed by atoms with Gasteiger partial charge in [-0.2, -0.15) is 0 Å². The van der Waals surface area contributed by atoms with Gasteiger partial charge in [0.2, 0.25) is 0 Å². The lowest BCUT2D eigenvalue weighted by molar-refractivity contribution is -0.0298. The average molecular weight is 215 g/mol. The van der Waals surface area contributed by atoms with Gasteiger partial charge in [0.1, 0.15) is 5.60 Å². The fourth-order valence-electron chi connectivity index (χ4n) is 2.22. The molecule has 88 valence electrons. The molecule has 2 fully saturated rings. The van der Waals surface area contributed by atoms with Crippen LogP contribution in [-0.4, -0.2) is 51.7 Å². The Bertz CT molecular complexity index is 198. The first-order valence-corrected chi connectivity index (χ1v) is 5.67. The fraction of sp³-hybridized carbons (Fsp3) is 1.00. The first-order chi connectivity index (χ1) is 7.28. The third kappa shape index (κ3) is 2.50. The fourth-order valence-corrected chi connectivity index (χ4v) is 2.22. The van der Waals surface area contributed by atoms with Crippen LogP contribution in [0.15, 0.2) is 0 Å². The van der Waals surface area contributed by atoms with Gasteiger partial charge in [-0.15, -0.1) is 0 Å². The smallest absolute Gasteiger partial charge is 0.106 e. The largest absolute Gasteiger partial charge is 0.381 e. The van der Waals surface area contributed by atoms with Crippen molar-refractivity contribution in [1.29, 1.82) is 0 Å². The van der Waals surface area contributed by atoms with Gasteiger partial charge in [0.25, 0.3) is 0 Å². The molecule has 0 aromatic heterocycles. The molecule has 1 atom stereocenters. The highest BCUT2D eigenvalue weighted by Crippen LogP contribution is 2.25. The normalized spacial score (nSPS) is 40.4. The van der Waals surface area contributed by atoms with Gasteiger partial charge in [-0.3, -0.25) is 0 Å². The lowest BCUT2D eigenvalue weighted by Crippen LogP contribution is -2.52. The number of rotatable bonds is 5. The van der Waals surface area contributed by atoms with E-state index < -0.39 is 0 Å². The van der Waals surface area contributed by atoms with Crippen molar-refractivity contribution in [2.45, 2.75) is 37.0 Å². The number of nitrogens with one attached hydrogen (secondary N) is 1. The van der Waals surface area contributed by atoms with E-state index in [1.807, 2.05) is 0 Å². The summed E-state index contributed by atoms with van der Waals surface area (Å²) >= 11 is 0. The van der Waals surface area contributed by atoms with Crippen molar-refractivity contribution in [3.8, 4) is 0 Å². The van der Waals surface area contributed by atoms with Gasteiger partial charge in [0, 0.05) is 39.8 Å². The highest BCUT2D eigenvalue weighted by atomic mass is 16.5. The van der Waals surface area contributed by atoms with E-state index >= 15 is 0 Å². The van der Waals surface area contributed by atoms with E-state index in [9.17, 15) is 0 Å². The van der Waals surface area contributed by atoms with Crippen LogP contribution in [0.5, 0.6) is 0 Å². The number of methoxy groups -OCH3 is 2. The predicted molar refractivity (Wildman–Crippen MR) is 57.0 cm³/mol. The second-order valence-electron chi connectivity index (χ2n) is 4.60. The van der Waals surface area contributed by atoms with E-state index in [-0.39, 0.29) is 5.60 Å². The van der Waals surface area contributed by atoms with E-state index in [2.05, 4.69) is 5.32 Å². The van der Waals surface area contributed by atoms with Gasteiger partial charge < -0.3 is 19.5 Å². The van der Waals surface area contributed by atoms with Crippen molar-refractivity contribution in [3.05, 3.63) is 0 Å². The molecule has 0 aromatic rings. The maximum Gasteiger partial charge on any atom is 0.106 e.